The summed E-state index contributed by atoms with van der Waals surface area (Å²) in [5.74, 6) is -0.112. The number of hydrogen-bond acceptors (Lipinski definition) is 7. The van der Waals surface area contributed by atoms with Crippen LogP contribution >= 0.6 is 0 Å². The SMILES string of the molecule is Nc1ncn(C2C[C@H](O)[C@@H](CO)O2)c(=O)n1. The van der Waals surface area contributed by atoms with Crippen molar-refractivity contribution in [1.82, 2.24) is 14.5 Å². The summed E-state index contributed by atoms with van der Waals surface area (Å²) in [5, 5.41) is 18.4. The van der Waals surface area contributed by atoms with E-state index >= 15 is 0 Å². The molecule has 2 heterocycles. The van der Waals surface area contributed by atoms with Crippen molar-refractivity contribution in [2.75, 3.05) is 12.3 Å². The molecule has 1 aliphatic rings. The van der Waals surface area contributed by atoms with Crippen LogP contribution < -0.4 is 11.4 Å². The van der Waals surface area contributed by atoms with Gasteiger partial charge < -0.3 is 20.7 Å². The lowest BCUT2D eigenvalue weighted by Gasteiger charge is -2.13. The maximum absolute atomic E-state index is 11.4. The Hall–Kier alpha value is -1.51. The summed E-state index contributed by atoms with van der Waals surface area (Å²) in [7, 11) is 0. The molecule has 0 saturated carbocycles. The fourth-order valence-corrected chi connectivity index (χ4v) is 1.60. The Kier molecular flexibility index (Phi) is 2.86. The van der Waals surface area contributed by atoms with Gasteiger partial charge in [-0.2, -0.15) is 4.98 Å². The van der Waals surface area contributed by atoms with Gasteiger partial charge in [0.1, 0.15) is 18.7 Å². The topological polar surface area (TPSA) is 123 Å². The number of rotatable bonds is 2. The highest BCUT2D eigenvalue weighted by molar-refractivity contribution is 5.09. The number of nitrogens with two attached hydrogens (primary N) is 1. The first kappa shape index (κ1) is 11.0. The van der Waals surface area contributed by atoms with E-state index in [4.69, 9.17) is 15.6 Å². The van der Waals surface area contributed by atoms with E-state index in [0.29, 0.717) is 0 Å². The highest BCUT2D eigenvalue weighted by Crippen LogP contribution is 2.26. The number of hydrogen-bond donors (Lipinski definition) is 3. The van der Waals surface area contributed by atoms with Crippen LogP contribution in [-0.4, -0.2) is 43.6 Å². The van der Waals surface area contributed by atoms with Gasteiger partial charge in [-0.15, -0.1) is 0 Å². The van der Waals surface area contributed by atoms with Gasteiger partial charge in [0.25, 0.3) is 0 Å². The molecule has 8 nitrogen and oxygen atoms in total. The first-order valence-electron chi connectivity index (χ1n) is 4.77. The molecule has 1 fully saturated rings. The predicted octanol–water partition coefficient (Wildman–Crippen LogP) is -2.14. The van der Waals surface area contributed by atoms with E-state index in [1.165, 1.54) is 6.33 Å². The van der Waals surface area contributed by atoms with E-state index in [-0.39, 0.29) is 19.0 Å². The first-order chi connectivity index (χ1) is 7.61. The van der Waals surface area contributed by atoms with Crippen molar-refractivity contribution in [3.8, 4) is 0 Å². The van der Waals surface area contributed by atoms with Gasteiger partial charge in [-0.25, -0.2) is 9.78 Å². The Morgan fingerprint density at radius 3 is 3.00 bits per heavy atom. The minimum absolute atomic E-state index is 0.112. The number of anilines is 1. The third kappa shape index (κ3) is 1.90. The monoisotopic (exact) mass is 228 g/mol. The zero-order valence-electron chi connectivity index (χ0n) is 8.35. The van der Waals surface area contributed by atoms with Gasteiger partial charge in [0.2, 0.25) is 5.95 Å². The second-order valence-electron chi connectivity index (χ2n) is 3.52. The van der Waals surface area contributed by atoms with Gasteiger partial charge in [0.15, 0.2) is 0 Å². The lowest BCUT2D eigenvalue weighted by molar-refractivity contribution is -0.0462. The van der Waals surface area contributed by atoms with E-state index in [2.05, 4.69) is 9.97 Å². The van der Waals surface area contributed by atoms with Crippen molar-refractivity contribution in [3.05, 3.63) is 16.8 Å². The van der Waals surface area contributed by atoms with Crippen molar-refractivity contribution < 1.29 is 14.9 Å². The highest BCUT2D eigenvalue weighted by atomic mass is 16.5. The third-order valence-corrected chi connectivity index (χ3v) is 2.44. The van der Waals surface area contributed by atoms with Crippen LogP contribution in [0.4, 0.5) is 5.95 Å². The summed E-state index contributed by atoms with van der Waals surface area (Å²) >= 11 is 0. The van der Waals surface area contributed by atoms with Crippen LogP contribution in [0.5, 0.6) is 0 Å². The Labute approximate surface area is 90.3 Å². The molecule has 0 bridgehead atoms. The molecule has 0 amide bonds. The maximum atomic E-state index is 11.4. The standard InChI is InChI=1S/C8H12N4O4/c9-7-10-3-12(8(15)11-7)6-1-4(14)5(2-13)16-6/h3-6,13-14H,1-2H2,(H2,9,11,15)/t4-,5+,6?/m0/s1. The molecule has 0 radical (unpaired) electrons. The quantitative estimate of drug-likeness (QED) is 0.527. The Morgan fingerprint density at radius 1 is 1.69 bits per heavy atom. The molecule has 4 N–H and O–H groups in total. The number of nitrogens with zero attached hydrogens (tertiary/aromatic N) is 3. The largest absolute Gasteiger partial charge is 0.394 e. The van der Waals surface area contributed by atoms with Gasteiger partial charge >= 0.3 is 5.69 Å². The molecule has 1 unspecified atom stereocenters. The molecule has 88 valence electrons. The fraction of sp³-hybridized carbons (Fsp3) is 0.625. The molecule has 1 aromatic heterocycles. The summed E-state index contributed by atoms with van der Waals surface area (Å²) in [6.45, 7) is -0.303. The highest BCUT2D eigenvalue weighted by Gasteiger charge is 2.35. The van der Waals surface area contributed by atoms with Crippen LogP contribution in [0.1, 0.15) is 12.6 Å². The van der Waals surface area contributed by atoms with Crippen LogP contribution in [0.2, 0.25) is 0 Å². The Morgan fingerprint density at radius 2 is 2.44 bits per heavy atom. The van der Waals surface area contributed by atoms with Crippen LogP contribution in [0.25, 0.3) is 0 Å². The second kappa shape index (κ2) is 4.16. The zero-order valence-corrected chi connectivity index (χ0v) is 8.35. The van der Waals surface area contributed by atoms with Crippen molar-refractivity contribution in [2.24, 2.45) is 0 Å². The average molecular weight is 228 g/mol. The summed E-state index contributed by atoms with van der Waals surface area (Å²) in [6, 6.07) is 0. The van der Waals surface area contributed by atoms with Crippen molar-refractivity contribution in [2.45, 2.75) is 24.9 Å². The minimum Gasteiger partial charge on any atom is -0.394 e. The zero-order chi connectivity index (χ0) is 11.7. The van der Waals surface area contributed by atoms with E-state index in [0.717, 1.165) is 4.57 Å². The Bertz CT molecular complexity index is 434. The molecular weight excluding hydrogens is 216 g/mol. The number of aliphatic hydroxyl groups excluding tert-OH is 2. The van der Waals surface area contributed by atoms with Crippen molar-refractivity contribution in [1.29, 1.82) is 0 Å². The number of aromatic nitrogens is 3. The summed E-state index contributed by atoms with van der Waals surface area (Å²) < 4.78 is 6.41. The minimum atomic E-state index is -0.806. The van der Waals surface area contributed by atoms with Gasteiger partial charge in [-0.3, -0.25) is 4.57 Å². The second-order valence-corrected chi connectivity index (χ2v) is 3.52. The fourth-order valence-electron chi connectivity index (χ4n) is 1.60. The summed E-state index contributed by atoms with van der Waals surface area (Å²) in [6.07, 6.45) is -0.741. The van der Waals surface area contributed by atoms with E-state index in [1.54, 1.807) is 0 Å². The molecule has 1 aliphatic heterocycles. The smallest absolute Gasteiger partial charge is 0.354 e. The number of aliphatic hydroxyl groups is 2. The molecule has 0 spiro atoms. The molecule has 0 aromatic carbocycles. The van der Waals surface area contributed by atoms with Gasteiger partial charge in [0, 0.05) is 6.42 Å². The normalized spacial score (nSPS) is 29.5. The third-order valence-electron chi connectivity index (χ3n) is 2.44. The van der Waals surface area contributed by atoms with Crippen LogP contribution in [0, 0.1) is 0 Å². The van der Waals surface area contributed by atoms with Gasteiger partial charge in [-0.05, 0) is 0 Å². The van der Waals surface area contributed by atoms with E-state index in [9.17, 15) is 9.90 Å². The average Bonchev–Trinajstić information content (AvgIpc) is 2.59. The lowest BCUT2D eigenvalue weighted by Crippen LogP contribution is -2.28. The lowest BCUT2D eigenvalue weighted by atomic mass is 10.2. The molecule has 3 atom stereocenters. The summed E-state index contributed by atoms with van der Waals surface area (Å²) in [4.78, 5) is 18.5. The molecule has 0 aliphatic carbocycles. The van der Waals surface area contributed by atoms with E-state index in [1.807, 2.05) is 0 Å². The molecule has 1 saturated heterocycles. The molecule has 16 heavy (non-hydrogen) atoms. The van der Waals surface area contributed by atoms with Crippen LogP contribution in [-0.2, 0) is 4.74 Å². The molecular formula is C8H12N4O4. The van der Waals surface area contributed by atoms with Crippen molar-refractivity contribution in [3.63, 3.8) is 0 Å². The number of nitrogen functional groups attached to an aromatic ring is 1. The van der Waals surface area contributed by atoms with E-state index < -0.39 is 24.1 Å². The van der Waals surface area contributed by atoms with Crippen LogP contribution in [0.3, 0.4) is 0 Å². The molecule has 8 heteroatoms. The first-order valence-corrected chi connectivity index (χ1v) is 4.77. The van der Waals surface area contributed by atoms with Gasteiger partial charge in [-0.1, -0.05) is 0 Å². The van der Waals surface area contributed by atoms with Crippen LogP contribution in [0.15, 0.2) is 11.1 Å². The van der Waals surface area contributed by atoms with Crippen molar-refractivity contribution >= 4 is 5.95 Å². The van der Waals surface area contributed by atoms with Gasteiger partial charge in [0.05, 0.1) is 12.7 Å². The molecule has 1 aromatic rings. The Balaban J connectivity index is 2.23. The molecule has 2 rings (SSSR count). The number of ether oxygens (including phenoxy) is 1. The maximum Gasteiger partial charge on any atom is 0.354 e. The predicted molar refractivity (Wildman–Crippen MR) is 52.3 cm³/mol. The summed E-state index contributed by atoms with van der Waals surface area (Å²) in [5.41, 5.74) is 4.65.